The lowest BCUT2D eigenvalue weighted by atomic mass is 10.2. The van der Waals surface area contributed by atoms with E-state index in [-0.39, 0.29) is 0 Å². The Balaban J connectivity index is 3.96. The summed E-state index contributed by atoms with van der Waals surface area (Å²) >= 11 is 0. The quantitative estimate of drug-likeness (QED) is 0.584. The average molecular weight is 186 g/mol. The first-order chi connectivity index (χ1) is 5.85. The zero-order chi connectivity index (χ0) is 10.5. The van der Waals surface area contributed by atoms with Gasteiger partial charge in [-0.15, -0.1) is 0 Å². The summed E-state index contributed by atoms with van der Waals surface area (Å²) in [5.74, 6) is -0.600. The molecule has 0 rings (SSSR count). The van der Waals surface area contributed by atoms with Gasteiger partial charge in [-0.3, -0.25) is 10.1 Å². The van der Waals surface area contributed by atoms with Crippen molar-refractivity contribution < 1.29 is 14.3 Å². The Morgan fingerprint density at radius 1 is 1.38 bits per heavy atom. The van der Waals surface area contributed by atoms with Crippen LogP contribution in [0.25, 0.3) is 0 Å². The minimum atomic E-state index is -0.782. The Bertz CT molecular complexity index is 228. The van der Waals surface area contributed by atoms with Gasteiger partial charge in [0.1, 0.15) is 5.60 Å². The summed E-state index contributed by atoms with van der Waals surface area (Å²) in [5, 5.41) is 1.97. The highest BCUT2D eigenvalue weighted by molar-refractivity contribution is 5.98. The van der Waals surface area contributed by atoms with Gasteiger partial charge < -0.3 is 10.5 Å². The van der Waals surface area contributed by atoms with Crippen LogP contribution in [0.5, 0.6) is 0 Å². The molecule has 0 aliphatic rings. The summed E-state index contributed by atoms with van der Waals surface area (Å²) < 4.78 is 4.81. The highest BCUT2D eigenvalue weighted by Crippen LogP contribution is 2.06. The summed E-state index contributed by atoms with van der Waals surface area (Å²) in [5.41, 5.74) is 4.32. The second kappa shape index (κ2) is 4.49. The SMILES string of the molecule is CC(C)(C)OC(=O)NC(=O)/C=C\N. The van der Waals surface area contributed by atoms with Crippen LogP contribution in [-0.4, -0.2) is 17.6 Å². The van der Waals surface area contributed by atoms with Crippen molar-refractivity contribution in [2.75, 3.05) is 0 Å². The molecule has 5 heteroatoms. The standard InChI is InChI=1S/C8H14N2O3/c1-8(2,3)13-7(12)10-6(11)4-5-9/h4-5H,9H2,1-3H3,(H,10,11,12)/b5-4-. The van der Waals surface area contributed by atoms with E-state index in [1.54, 1.807) is 20.8 Å². The molecule has 0 saturated heterocycles. The number of ether oxygens (including phenoxy) is 1. The van der Waals surface area contributed by atoms with Gasteiger partial charge in [-0.05, 0) is 27.0 Å². The molecular formula is C8H14N2O3. The van der Waals surface area contributed by atoms with Crippen molar-refractivity contribution in [2.45, 2.75) is 26.4 Å². The molecule has 13 heavy (non-hydrogen) atoms. The third kappa shape index (κ3) is 6.86. The van der Waals surface area contributed by atoms with Gasteiger partial charge in [0.2, 0.25) is 0 Å². The van der Waals surface area contributed by atoms with Crippen LogP contribution < -0.4 is 11.1 Å². The second-order valence-corrected chi connectivity index (χ2v) is 3.35. The molecule has 0 bridgehead atoms. The van der Waals surface area contributed by atoms with Gasteiger partial charge in [0, 0.05) is 6.08 Å². The Labute approximate surface area is 76.9 Å². The Kier molecular flexibility index (Phi) is 3.97. The molecule has 0 fully saturated rings. The number of amides is 2. The maximum absolute atomic E-state index is 10.9. The molecule has 74 valence electrons. The van der Waals surface area contributed by atoms with E-state index in [0.29, 0.717) is 0 Å². The third-order valence-corrected chi connectivity index (χ3v) is 0.872. The number of nitrogens with two attached hydrogens (primary N) is 1. The molecule has 3 N–H and O–H groups in total. The molecule has 0 radical (unpaired) electrons. The van der Waals surface area contributed by atoms with E-state index >= 15 is 0 Å². The molecule has 2 amide bonds. The fraction of sp³-hybridized carbons (Fsp3) is 0.500. The summed E-state index contributed by atoms with van der Waals surface area (Å²) in [7, 11) is 0. The van der Waals surface area contributed by atoms with Gasteiger partial charge >= 0.3 is 6.09 Å². The number of hydrogen-bond acceptors (Lipinski definition) is 4. The lowest BCUT2D eigenvalue weighted by Crippen LogP contribution is -2.35. The van der Waals surface area contributed by atoms with E-state index in [9.17, 15) is 9.59 Å². The van der Waals surface area contributed by atoms with E-state index in [4.69, 9.17) is 10.5 Å². The van der Waals surface area contributed by atoms with E-state index in [1.165, 1.54) is 0 Å². The largest absolute Gasteiger partial charge is 0.444 e. The van der Waals surface area contributed by atoms with Crippen LogP contribution in [0.4, 0.5) is 4.79 Å². The molecule has 0 atom stereocenters. The number of carbonyl (C=O) groups is 2. The number of hydrogen-bond donors (Lipinski definition) is 2. The van der Waals surface area contributed by atoms with E-state index in [1.807, 2.05) is 5.32 Å². The molecule has 0 heterocycles. The van der Waals surface area contributed by atoms with Crippen molar-refractivity contribution in [1.29, 1.82) is 0 Å². The van der Waals surface area contributed by atoms with Crippen molar-refractivity contribution >= 4 is 12.0 Å². The summed E-state index contributed by atoms with van der Waals surface area (Å²) in [6, 6.07) is 0. The Hall–Kier alpha value is -1.52. The number of imide groups is 1. The molecular weight excluding hydrogens is 172 g/mol. The smallest absolute Gasteiger partial charge is 0.414 e. The zero-order valence-corrected chi connectivity index (χ0v) is 7.96. The molecule has 0 aromatic heterocycles. The topological polar surface area (TPSA) is 81.4 Å². The predicted molar refractivity (Wildman–Crippen MR) is 47.7 cm³/mol. The number of rotatable bonds is 1. The summed E-state index contributed by atoms with van der Waals surface area (Å²) in [4.78, 5) is 21.7. The van der Waals surface area contributed by atoms with E-state index < -0.39 is 17.6 Å². The first-order valence-electron chi connectivity index (χ1n) is 3.77. The van der Waals surface area contributed by atoms with Crippen LogP contribution in [-0.2, 0) is 9.53 Å². The molecule has 0 aromatic carbocycles. The van der Waals surface area contributed by atoms with Crippen molar-refractivity contribution in [3.05, 3.63) is 12.3 Å². The minimum absolute atomic E-state index is 0.600. The van der Waals surface area contributed by atoms with Crippen LogP contribution in [0, 0.1) is 0 Å². The van der Waals surface area contributed by atoms with Gasteiger partial charge in [0.05, 0.1) is 0 Å². The van der Waals surface area contributed by atoms with Gasteiger partial charge in [0.15, 0.2) is 0 Å². The first kappa shape index (κ1) is 11.5. The zero-order valence-electron chi connectivity index (χ0n) is 7.96. The molecule has 0 aromatic rings. The maximum Gasteiger partial charge on any atom is 0.414 e. The van der Waals surface area contributed by atoms with Gasteiger partial charge in [-0.2, -0.15) is 0 Å². The monoisotopic (exact) mass is 186 g/mol. The second-order valence-electron chi connectivity index (χ2n) is 3.35. The number of carbonyl (C=O) groups excluding carboxylic acids is 2. The average Bonchev–Trinajstić information content (AvgIpc) is 1.81. The van der Waals surface area contributed by atoms with Gasteiger partial charge in [-0.1, -0.05) is 0 Å². The van der Waals surface area contributed by atoms with E-state index in [2.05, 4.69) is 0 Å². The number of nitrogens with one attached hydrogen (secondary N) is 1. The van der Waals surface area contributed by atoms with Crippen LogP contribution in [0.15, 0.2) is 12.3 Å². The molecule has 0 aliphatic heterocycles. The van der Waals surface area contributed by atoms with Crippen molar-refractivity contribution in [3.8, 4) is 0 Å². The molecule has 5 nitrogen and oxygen atoms in total. The van der Waals surface area contributed by atoms with Crippen molar-refractivity contribution in [2.24, 2.45) is 5.73 Å². The first-order valence-corrected chi connectivity index (χ1v) is 3.77. The lowest BCUT2D eigenvalue weighted by Gasteiger charge is -2.18. The molecule has 0 saturated carbocycles. The lowest BCUT2D eigenvalue weighted by molar-refractivity contribution is -0.116. The fourth-order valence-corrected chi connectivity index (χ4v) is 0.533. The Morgan fingerprint density at radius 2 is 1.92 bits per heavy atom. The molecule has 0 unspecified atom stereocenters. The minimum Gasteiger partial charge on any atom is -0.444 e. The summed E-state index contributed by atoms with van der Waals surface area (Å²) in [6.45, 7) is 5.11. The van der Waals surface area contributed by atoms with Crippen LogP contribution >= 0.6 is 0 Å². The van der Waals surface area contributed by atoms with E-state index in [0.717, 1.165) is 12.3 Å². The van der Waals surface area contributed by atoms with Crippen LogP contribution in [0.2, 0.25) is 0 Å². The van der Waals surface area contributed by atoms with Gasteiger partial charge in [0.25, 0.3) is 5.91 Å². The maximum atomic E-state index is 10.9. The molecule has 0 aliphatic carbocycles. The van der Waals surface area contributed by atoms with Crippen molar-refractivity contribution in [3.63, 3.8) is 0 Å². The fourth-order valence-electron chi connectivity index (χ4n) is 0.533. The highest BCUT2D eigenvalue weighted by Gasteiger charge is 2.16. The third-order valence-electron chi connectivity index (χ3n) is 0.872. The van der Waals surface area contributed by atoms with Crippen molar-refractivity contribution in [1.82, 2.24) is 5.32 Å². The highest BCUT2D eigenvalue weighted by atomic mass is 16.6. The normalized spacial score (nSPS) is 11.3. The summed E-state index contributed by atoms with van der Waals surface area (Å²) in [6.07, 6.45) is 1.29. The van der Waals surface area contributed by atoms with Gasteiger partial charge in [-0.25, -0.2) is 4.79 Å². The van der Waals surface area contributed by atoms with Crippen LogP contribution in [0.3, 0.4) is 0 Å². The number of alkyl carbamates (subject to hydrolysis) is 1. The van der Waals surface area contributed by atoms with Crippen LogP contribution in [0.1, 0.15) is 20.8 Å². The molecule has 0 spiro atoms. The Morgan fingerprint density at radius 3 is 2.31 bits per heavy atom. The predicted octanol–water partition coefficient (Wildman–Crippen LogP) is 0.510.